The molecular weight excluding hydrogens is 212 g/mol. The van der Waals surface area contributed by atoms with Gasteiger partial charge in [0.05, 0.1) is 5.84 Å². The summed E-state index contributed by atoms with van der Waals surface area (Å²) in [5, 5.41) is 0. The Hall–Kier alpha value is -1.64. The molecule has 0 aliphatic heterocycles. The number of amidine groups is 1. The van der Waals surface area contributed by atoms with Crippen LogP contribution < -0.4 is 5.73 Å². The minimum atomic E-state index is -0.529. The van der Waals surface area contributed by atoms with Crippen molar-refractivity contribution in [2.45, 2.75) is 37.6 Å². The lowest BCUT2D eigenvalue weighted by molar-refractivity contribution is -0.111. The number of carbonyl (C=O) groups excluding carboxylic acids is 1. The molecule has 3 nitrogen and oxygen atoms in total. The standard InChI is InChI=1S/C14H18N2O/c15-13(10-12-6-2-1-3-7-12)16-14(11-17)8-4-5-9-14/h1-3,6-7,11H,4-5,8-10H2,(H2,15,16). The third-order valence-electron chi connectivity index (χ3n) is 3.28. The van der Waals surface area contributed by atoms with Gasteiger partial charge in [0.1, 0.15) is 11.8 Å². The molecule has 2 N–H and O–H groups in total. The summed E-state index contributed by atoms with van der Waals surface area (Å²) in [6.45, 7) is 0. The smallest absolute Gasteiger partial charge is 0.147 e. The number of rotatable bonds is 4. The molecule has 1 aliphatic carbocycles. The van der Waals surface area contributed by atoms with Gasteiger partial charge < -0.3 is 10.5 Å². The molecule has 0 unspecified atom stereocenters. The fourth-order valence-corrected chi connectivity index (χ4v) is 2.37. The van der Waals surface area contributed by atoms with Crippen LogP contribution in [0.4, 0.5) is 0 Å². The molecule has 17 heavy (non-hydrogen) atoms. The van der Waals surface area contributed by atoms with Crippen molar-refractivity contribution in [2.24, 2.45) is 10.7 Å². The van der Waals surface area contributed by atoms with E-state index in [-0.39, 0.29) is 0 Å². The molecule has 0 bridgehead atoms. The average molecular weight is 230 g/mol. The molecule has 1 aliphatic rings. The molecule has 1 saturated carbocycles. The molecule has 0 saturated heterocycles. The van der Waals surface area contributed by atoms with Crippen LogP contribution >= 0.6 is 0 Å². The molecule has 3 heteroatoms. The van der Waals surface area contributed by atoms with E-state index in [1.807, 2.05) is 30.3 Å². The Labute approximate surface area is 102 Å². The number of aldehydes is 1. The lowest BCUT2D eigenvalue weighted by Crippen LogP contribution is -2.29. The molecule has 0 radical (unpaired) electrons. The van der Waals surface area contributed by atoms with Gasteiger partial charge in [0.2, 0.25) is 0 Å². The maximum Gasteiger partial charge on any atom is 0.147 e. The zero-order valence-corrected chi connectivity index (χ0v) is 9.93. The fourth-order valence-electron chi connectivity index (χ4n) is 2.37. The minimum Gasteiger partial charge on any atom is -0.387 e. The molecule has 0 heterocycles. The number of nitrogens with zero attached hydrogens (tertiary/aromatic N) is 1. The molecule has 1 fully saturated rings. The van der Waals surface area contributed by atoms with Crippen molar-refractivity contribution in [2.75, 3.05) is 0 Å². The molecule has 2 rings (SSSR count). The van der Waals surface area contributed by atoms with E-state index in [9.17, 15) is 4.79 Å². The van der Waals surface area contributed by atoms with Crippen LogP contribution in [0, 0.1) is 0 Å². The van der Waals surface area contributed by atoms with Gasteiger partial charge in [-0.25, -0.2) is 0 Å². The highest BCUT2D eigenvalue weighted by Gasteiger charge is 2.33. The van der Waals surface area contributed by atoms with Crippen molar-refractivity contribution in [1.82, 2.24) is 0 Å². The summed E-state index contributed by atoms with van der Waals surface area (Å²) < 4.78 is 0. The van der Waals surface area contributed by atoms with Gasteiger partial charge in [0.15, 0.2) is 0 Å². The van der Waals surface area contributed by atoms with Crippen molar-refractivity contribution in [3.05, 3.63) is 35.9 Å². The summed E-state index contributed by atoms with van der Waals surface area (Å²) >= 11 is 0. The number of hydrogen-bond acceptors (Lipinski definition) is 2. The number of aliphatic imine (C=N–C) groups is 1. The van der Waals surface area contributed by atoms with Crippen molar-refractivity contribution < 1.29 is 4.79 Å². The highest BCUT2D eigenvalue weighted by Crippen LogP contribution is 2.31. The quantitative estimate of drug-likeness (QED) is 0.489. The van der Waals surface area contributed by atoms with E-state index in [2.05, 4.69) is 4.99 Å². The van der Waals surface area contributed by atoms with E-state index < -0.39 is 5.54 Å². The fraction of sp³-hybridized carbons (Fsp3) is 0.429. The van der Waals surface area contributed by atoms with E-state index in [4.69, 9.17) is 5.73 Å². The average Bonchev–Trinajstić information content (AvgIpc) is 2.79. The zero-order chi connectivity index (χ0) is 12.1. The first kappa shape index (κ1) is 11.8. The second-order valence-corrected chi connectivity index (χ2v) is 4.69. The second kappa shape index (κ2) is 5.13. The third kappa shape index (κ3) is 2.93. The second-order valence-electron chi connectivity index (χ2n) is 4.69. The van der Waals surface area contributed by atoms with Crippen LogP contribution in [-0.4, -0.2) is 17.7 Å². The van der Waals surface area contributed by atoms with Gasteiger partial charge >= 0.3 is 0 Å². The molecular formula is C14H18N2O. The van der Waals surface area contributed by atoms with E-state index in [1.165, 1.54) is 0 Å². The first-order valence-corrected chi connectivity index (χ1v) is 6.09. The van der Waals surface area contributed by atoms with Crippen LogP contribution in [0.1, 0.15) is 31.2 Å². The molecule has 1 aromatic carbocycles. The van der Waals surface area contributed by atoms with Crippen LogP contribution in [0.15, 0.2) is 35.3 Å². The summed E-state index contributed by atoms with van der Waals surface area (Å²) in [6.07, 6.45) is 5.41. The molecule has 90 valence electrons. The lowest BCUT2D eigenvalue weighted by atomic mass is 10.0. The molecule has 0 atom stereocenters. The predicted molar refractivity (Wildman–Crippen MR) is 69.0 cm³/mol. The number of hydrogen-bond donors (Lipinski definition) is 1. The summed E-state index contributed by atoms with van der Waals surface area (Å²) in [6, 6.07) is 9.97. The van der Waals surface area contributed by atoms with Crippen LogP contribution in [0.25, 0.3) is 0 Å². The first-order valence-electron chi connectivity index (χ1n) is 6.09. The topological polar surface area (TPSA) is 55.4 Å². The lowest BCUT2D eigenvalue weighted by Gasteiger charge is -2.17. The SMILES string of the molecule is NC(Cc1ccccc1)=NC1(C=O)CCCC1. The van der Waals surface area contributed by atoms with E-state index in [0.717, 1.165) is 37.5 Å². The van der Waals surface area contributed by atoms with Crippen LogP contribution in [-0.2, 0) is 11.2 Å². The Balaban J connectivity index is 2.09. The normalized spacial score (nSPS) is 19.2. The molecule has 0 amide bonds. The summed E-state index contributed by atoms with van der Waals surface area (Å²) in [4.78, 5) is 15.6. The molecule has 0 aromatic heterocycles. The van der Waals surface area contributed by atoms with Crippen molar-refractivity contribution in [1.29, 1.82) is 0 Å². The predicted octanol–water partition coefficient (Wildman–Crippen LogP) is 2.10. The number of nitrogens with two attached hydrogens (primary N) is 1. The van der Waals surface area contributed by atoms with Gasteiger partial charge in [-0.15, -0.1) is 0 Å². The summed E-state index contributed by atoms with van der Waals surface area (Å²) in [5.41, 5.74) is 6.54. The van der Waals surface area contributed by atoms with Crippen LogP contribution in [0.2, 0.25) is 0 Å². The van der Waals surface area contributed by atoms with Gasteiger partial charge in [0.25, 0.3) is 0 Å². The molecule has 1 aromatic rings. The maximum atomic E-state index is 11.2. The van der Waals surface area contributed by atoms with Crippen molar-refractivity contribution in [3.8, 4) is 0 Å². The largest absolute Gasteiger partial charge is 0.387 e. The van der Waals surface area contributed by atoms with Gasteiger partial charge in [-0.3, -0.25) is 4.99 Å². The monoisotopic (exact) mass is 230 g/mol. The van der Waals surface area contributed by atoms with Gasteiger partial charge in [0, 0.05) is 6.42 Å². The van der Waals surface area contributed by atoms with Gasteiger partial charge in [-0.2, -0.15) is 0 Å². The maximum absolute atomic E-state index is 11.2. The van der Waals surface area contributed by atoms with Crippen molar-refractivity contribution in [3.63, 3.8) is 0 Å². The van der Waals surface area contributed by atoms with Crippen molar-refractivity contribution >= 4 is 12.1 Å². The Kier molecular flexibility index (Phi) is 3.57. The highest BCUT2D eigenvalue weighted by molar-refractivity contribution is 5.85. The van der Waals surface area contributed by atoms with Crippen LogP contribution in [0.5, 0.6) is 0 Å². The van der Waals surface area contributed by atoms with Crippen LogP contribution in [0.3, 0.4) is 0 Å². The number of carbonyl (C=O) groups is 1. The highest BCUT2D eigenvalue weighted by atomic mass is 16.1. The van der Waals surface area contributed by atoms with E-state index in [1.54, 1.807) is 0 Å². The zero-order valence-electron chi connectivity index (χ0n) is 9.93. The Morgan fingerprint density at radius 3 is 2.53 bits per heavy atom. The van der Waals surface area contributed by atoms with E-state index >= 15 is 0 Å². The summed E-state index contributed by atoms with van der Waals surface area (Å²) in [5.74, 6) is 0.560. The van der Waals surface area contributed by atoms with E-state index in [0.29, 0.717) is 12.3 Å². The molecule has 0 spiro atoms. The summed E-state index contributed by atoms with van der Waals surface area (Å²) in [7, 11) is 0. The minimum absolute atomic E-state index is 0.529. The van der Waals surface area contributed by atoms with Gasteiger partial charge in [-0.05, 0) is 18.4 Å². The van der Waals surface area contributed by atoms with Gasteiger partial charge in [-0.1, -0.05) is 43.2 Å². The Morgan fingerprint density at radius 2 is 1.94 bits per heavy atom. The first-order chi connectivity index (χ1) is 8.24. The third-order valence-corrected chi connectivity index (χ3v) is 3.28. The Morgan fingerprint density at radius 1 is 1.29 bits per heavy atom. The number of benzene rings is 1. The Bertz CT molecular complexity index is 405.